The van der Waals surface area contributed by atoms with E-state index in [1.165, 1.54) is 18.4 Å². The molecular weight excluding hydrogens is 391 g/mol. The Bertz CT molecular complexity index is 819. The van der Waals surface area contributed by atoms with Gasteiger partial charge in [-0.05, 0) is 68.0 Å². The molecule has 0 unspecified atom stereocenters. The molecule has 1 amide bonds. The highest BCUT2D eigenvalue weighted by molar-refractivity contribution is 6.35. The molecule has 4 rings (SSSR count). The van der Waals surface area contributed by atoms with Gasteiger partial charge < -0.3 is 9.80 Å². The van der Waals surface area contributed by atoms with E-state index in [0.29, 0.717) is 27.4 Å². The first-order chi connectivity index (χ1) is 13.6. The van der Waals surface area contributed by atoms with E-state index in [-0.39, 0.29) is 5.91 Å². The predicted octanol–water partition coefficient (Wildman–Crippen LogP) is 5.34. The molecule has 2 aliphatic rings. The first-order valence-electron chi connectivity index (χ1n) is 10.1. The molecule has 2 heterocycles. The topological polar surface area (TPSA) is 23.6 Å². The molecule has 2 fully saturated rings. The van der Waals surface area contributed by atoms with Gasteiger partial charge in [0.1, 0.15) is 0 Å². The summed E-state index contributed by atoms with van der Waals surface area (Å²) in [5.74, 6) is 1.22. The summed E-state index contributed by atoms with van der Waals surface area (Å²) in [7, 11) is 0. The van der Waals surface area contributed by atoms with Crippen LogP contribution < -0.4 is 0 Å². The first kappa shape index (κ1) is 19.8. The molecule has 2 aliphatic heterocycles. The van der Waals surface area contributed by atoms with Gasteiger partial charge in [0.05, 0.1) is 10.6 Å². The third-order valence-corrected chi connectivity index (χ3v) is 6.67. The number of amides is 1. The maximum atomic E-state index is 12.8. The minimum atomic E-state index is -0.00205. The van der Waals surface area contributed by atoms with Gasteiger partial charge in [0.15, 0.2) is 0 Å². The molecule has 2 aromatic carbocycles. The SMILES string of the molecule is O=C(c1cc(Cl)ccc1Cl)N1CC[C@@H](CN2CCC(c3ccccc3)CC2)C1. The van der Waals surface area contributed by atoms with E-state index in [0.717, 1.165) is 39.1 Å². The minimum Gasteiger partial charge on any atom is -0.338 e. The quantitative estimate of drug-likeness (QED) is 0.671. The van der Waals surface area contributed by atoms with E-state index in [1.54, 1.807) is 18.2 Å². The molecule has 1 atom stereocenters. The van der Waals surface area contributed by atoms with E-state index in [4.69, 9.17) is 23.2 Å². The van der Waals surface area contributed by atoms with Gasteiger partial charge in [0, 0.05) is 24.7 Å². The molecule has 0 spiro atoms. The van der Waals surface area contributed by atoms with Crippen molar-refractivity contribution >= 4 is 29.1 Å². The third-order valence-electron chi connectivity index (χ3n) is 6.11. The lowest BCUT2D eigenvalue weighted by Crippen LogP contribution is -2.37. The second kappa shape index (κ2) is 8.86. The largest absolute Gasteiger partial charge is 0.338 e. The maximum absolute atomic E-state index is 12.8. The summed E-state index contributed by atoms with van der Waals surface area (Å²) in [4.78, 5) is 17.3. The average molecular weight is 417 g/mol. The standard InChI is InChI=1S/C23H26Cl2N2O/c24-20-6-7-22(25)21(14-20)23(28)27-13-8-17(16-27)15-26-11-9-19(10-12-26)18-4-2-1-3-5-18/h1-7,14,17,19H,8-13,15-16H2/t17-/m0/s1. The van der Waals surface area contributed by atoms with Crippen molar-refractivity contribution in [3.63, 3.8) is 0 Å². The lowest BCUT2D eigenvalue weighted by atomic mass is 9.89. The molecule has 148 valence electrons. The molecule has 28 heavy (non-hydrogen) atoms. The fourth-order valence-corrected chi connectivity index (χ4v) is 4.91. The summed E-state index contributed by atoms with van der Waals surface area (Å²) < 4.78 is 0. The number of carbonyl (C=O) groups excluding carboxylic acids is 1. The van der Waals surface area contributed by atoms with Crippen LogP contribution >= 0.6 is 23.2 Å². The molecule has 0 bridgehead atoms. The van der Waals surface area contributed by atoms with Crippen LogP contribution in [0.5, 0.6) is 0 Å². The van der Waals surface area contributed by atoms with Crippen molar-refractivity contribution in [3.05, 3.63) is 69.7 Å². The van der Waals surface area contributed by atoms with Crippen LogP contribution in [0.25, 0.3) is 0 Å². The van der Waals surface area contributed by atoms with E-state index in [2.05, 4.69) is 35.2 Å². The van der Waals surface area contributed by atoms with Gasteiger partial charge in [-0.3, -0.25) is 4.79 Å². The second-order valence-corrected chi connectivity index (χ2v) is 8.86. The molecule has 2 aromatic rings. The molecular formula is C23H26Cl2N2O. The van der Waals surface area contributed by atoms with Gasteiger partial charge in [-0.2, -0.15) is 0 Å². The molecule has 0 saturated carbocycles. The number of rotatable bonds is 4. The Labute approximate surface area is 177 Å². The number of likely N-dealkylation sites (tertiary alicyclic amines) is 2. The van der Waals surface area contributed by atoms with Crippen LogP contribution in [-0.2, 0) is 0 Å². The Hall–Kier alpha value is -1.55. The molecule has 0 N–H and O–H groups in total. The highest BCUT2D eigenvalue weighted by atomic mass is 35.5. The third kappa shape index (κ3) is 4.53. The number of hydrogen-bond acceptors (Lipinski definition) is 2. The highest BCUT2D eigenvalue weighted by Gasteiger charge is 2.30. The Balaban J connectivity index is 1.28. The number of hydrogen-bond donors (Lipinski definition) is 0. The fraction of sp³-hybridized carbons (Fsp3) is 0.435. The molecule has 0 radical (unpaired) electrons. The summed E-state index contributed by atoms with van der Waals surface area (Å²) in [6, 6.07) is 15.9. The van der Waals surface area contributed by atoms with Crippen molar-refractivity contribution in [2.45, 2.75) is 25.2 Å². The first-order valence-corrected chi connectivity index (χ1v) is 10.9. The van der Waals surface area contributed by atoms with E-state index < -0.39 is 0 Å². The lowest BCUT2D eigenvalue weighted by molar-refractivity contribution is 0.0782. The molecule has 3 nitrogen and oxygen atoms in total. The number of carbonyl (C=O) groups is 1. The van der Waals surface area contributed by atoms with E-state index >= 15 is 0 Å². The zero-order valence-electron chi connectivity index (χ0n) is 16.0. The average Bonchev–Trinajstić information content (AvgIpc) is 3.19. The Morgan fingerprint density at radius 1 is 0.964 bits per heavy atom. The number of nitrogens with zero attached hydrogens (tertiary/aromatic N) is 2. The van der Waals surface area contributed by atoms with Crippen LogP contribution in [0.4, 0.5) is 0 Å². The van der Waals surface area contributed by atoms with E-state index in [9.17, 15) is 4.79 Å². The van der Waals surface area contributed by atoms with Gasteiger partial charge in [-0.25, -0.2) is 0 Å². The van der Waals surface area contributed by atoms with Crippen molar-refractivity contribution in [2.24, 2.45) is 5.92 Å². The molecule has 5 heteroatoms. The van der Waals surface area contributed by atoms with Crippen LogP contribution in [0.1, 0.15) is 41.1 Å². The summed E-state index contributed by atoms with van der Waals surface area (Å²) in [5.41, 5.74) is 1.98. The van der Waals surface area contributed by atoms with Gasteiger partial charge in [0.25, 0.3) is 5.91 Å². The smallest absolute Gasteiger partial charge is 0.255 e. The van der Waals surface area contributed by atoms with Crippen LogP contribution in [0, 0.1) is 5.92 Å². The monoisotopic (exact) mass is 416 g/mol. The second-order valence-electron chi connectivity index (χ2n) is 8.02. The van der Waals surface area contributed by atoms with Gasteiger partial charge in [-0.1, -0.05) is 53.5 Å². The number of piperidine rings is 1. The summed E-state index contributed by atoms with van der Waals surface area (Å²) in [6.45, 7) is 4.97. The van der Waals surface area contributed by atoms with Crippen molar-refractivity contribution in [1.82, 2.24) is 9.80 Å². The molecule has 0 aromatic heterocycles. The van der Waals surface area contributed by atoms with Crippen molar-refractivity contribution < 1.29 is 4.79 Å². The summed E-state index contributed by atoms with van der Waals surface area (Å²) in [6.07, 6.45) is 3.50. The van der Waals surface area contributed by atoms with Crippen LogP contribution in [0.3, 0.4) is 0 Å². The summed E-state index contributed by atoms with van der Waals surface area (Å²) in [5, 5.41) is 1.02. The Kier molecular flexibility index (Phi) is 6.25. The highest BCUT2D eigenvalue weighted by Crippen LogP contribution is 2.30. The van der Waals surface area contributed by atoms with Crippen molar-refractivity contribution in [1.29, 1.82) is 0 Å². The summed E-state index contributed by atoms with van der Waals surface area (Å²) >= 11 is 12.3. The van der Waals surface area contributed by atoms with Crippen molar-refractivity contribution in [3.8, 4) is 0 Å². The van der Waals surface area contributed by atoms with Gasteiger partial charge in [0.2, 0.25) is 0 Å². The van der Waals surface area contributed by atoms with Gasteiger partial charge >= 0.3 is 0 Å². The number of halogens is 2. The molecule has 0 aliphatic carbocycles. The van der Waals surface area contributed by atoms with Crippen molar-refractivity contribution in [2.75, 3.05) is 32.7 Å². The predicted molar refractivity (Wildman–Crippen MR) is 115 cm³/mol. The number of benzene rings is 2. The van der Waals surface area contributed by atoms with Gasteiger partial charge in [-0.15, -0.1) is 0 Å². The normalized spacial score (nSPS) is 21.2. The maximum Gasteiger partial charge on any atom is 0.255 e. The molecule has 2 saturated heterocycles. The van der Waals surface area contributed by atoms with E-state index in [1.807, 2.05) is 4.90 Å². The Morgan fingerprint density at radius 3 is 2.46 bits per heavy atom. The van der Waals surface area contributed by atoms with Crippen LogP contribution in [0.15, 0.2) is 48.5 Å². The zero-order valence-corrected chi connectivity index (χ0v) is 17.5. The van der Waals surface area contributed by atoms with Crippen LogP contribution in [-0.4, -0.2) is 48.4 Å². The Morgan fingerprint density at radius 2 is 1.71 bits per heavy atom. The zero-order chi connectivity index (χ0) is 19.5. The van der Waals surface area contributed by atoms with Crippen LogP contribution in [0.2, 0.25) is 10.0 Å². The lowest BCUT2D eigenvalue weighted by Gasteiger charge is -2.33. The minimum absolute atomic E-state index is 0.00205. The fourth-order valence-electron chi connectivity index (χ4n) is 4.54.